The van der Waals surface area contributed by atoms with Gasteiger partial charge < -0.3 is 75.2 Å². The smallest absolute Gasteiger partial charge is 0.492 e. The van der Waals surface area contributed by atoms with Gasteiger partial charge in [-0.25, -0.2) is 28.0 Å². The summed E-state index contributed by atoms with van der Waals surface area (Å²) in [6.07, 6.45) is 7.86. The fraction of sp³-hybridized carbons (Fsp3) is 0.553. The summed E-state index contributed by atoms with van der Waals surface area (Å²) in [6.45, 7) is 10.8. The molecule has 6 heterocycles. The molecule has 8 aliphatic rings. The molecule has 5 saturated carbocycles. The zero-order chi connectivity index (χ0) is 75.3. The van der Waals surface area contributed by atoms with Crippen LogP contribution in [0.2, 0.25) is 0 Å². The van der Waals surface area contributed by atoms with Gasteiger partial charge in [-0.05, 0) is 122 Å². The van der Waals surface area contributed by atoms with Crippen LogP contribution in [-0.2, 0) is 51.2 Å². The lowest BCUT2D eigenvalue weighted by atomic mass is 9.46. The van der Waals surface area contributed by atoms with E-state index in [1.165, 1.54) is 32.7 Å². The number of allylic oxidation sites excluding steroid dienone is 4. The van der Waals surface area contributed by atoms with Crippen molar-refractivity contribution in [1.82, 2.24) is 18.9 Å². The summed E-state index contributed by atoms with van der Waals surface area (Å²) in [5.74, 6) is -7.85. The highest BCUT2D eigenvalue weighted by Crippen LogP contribution is 2.67. The maximum Gasteiger partial charge on any atom is 0.519 e. The number of fused-ring (bicyclic) bond motifs is 7. The summed E-state index contributed by atoms with van der Waals surface area (Å²) in [4.78, 5) is 143. The van der Waals surface area contributed by atoms with E-state index in [-0.39, 0.29) is 118 Å². The van der Waals surface area contributed by atoms with Gasteiger partial charge in [0, 0.05) is 92.6 Å². The summed E-state index contributed by atoms with van der Waals surface area (Å²) in [5, 5.41) is 23.8. The molecule has 106 heavy (non-hydrogen) atoms. The first-order valence-electron chi connectivity index (χ1n) is 36.2. The highest BCUT2D eigenvalue weighted by Gasteiger charge is 2.68. The largest absolute Gasteiger partial charge is 0.519 e. The highest BCUT2D eigenvalue weighted by atomic mass is 19.1. The molecule has 566 valence electrons. The van der Waals surface area contributed by atoms with Gasteiger partial charge in [-0.2, -0.15) is 0 Å². The Balaban J connectivity index is 0.692. The molecule has 2 saturated heterocycles. The Morgan fingerprint density at radius 2 is 1.17 bits per heavy atom. The second kappa shape index (κ2) is 28.3. The molecule has 0 amide bonds. The Morgan fingerprint density at radius 1 is 0.670 bits per heavy atom. The summed E-state index contributed by atoms with van der Waals surface area (Å²) in [5.41, 5.74) is -5.09. The van der Waals surface area contributed by atoms with Crippen LogP contribution in [0.25, 0.3) is 21.8 Å². The molecule has 2 unspecified atom stereocenters. The molecule has 2 aromatic carbocycles. The average molecular weight is 1470 g/mol. The van der Waals surface area contributed by atoms with E-state index in [1.54, 1.807) is 45.8 Å². The van der Waals surface area contributed by atoms with E-state index in [1.807, 2.05) is 26.8 Å². The number of methoxy groups -OCH3 is 2. The highest BCUT2D eigenvalue weighted by molar-refractivity contribution is 6.02. The van der Waals surface area contributed by atoms with Gasteiger partial charge >= 0.3 is 35.5 Å². The van der Waals surface area contributed by atoms with Crippen LogP contribution in [0.4, 0.5) is 20.2 Å². The average Bonchev–Trinajstić information content (AvgIpc) is 1.46. The molecule has 0 spiro atoms. The van der Waals surface area contributed by atoms with Crippen LogP contribution in [0.5, 0.6) is 11.5 Å². The predicted molar refractivity (Wildman–Crippen MR) is 373 cm³/mol. The number of carbonyl (C=O) groups excluding carboxylic acids is 6. The molecule has 6 aliphatic carbocycles. The second-order valence-electron chi connectivity index (χ2n) is 30.2. The van der Waals surface area contributed by atoms with Gasteiger partial charge in [-0.3, -0.25) is 38.6 Å². The molecule has 7 fully saturated rings. The number of carbonyl (C=O) groups is 6. The normalized spacial score (nSPS) is 26.3. The lowest BCUT2D eigenvalue weighted by Crippen LogP contribution is -2.61. The molecule has 2 aliphatic heterocycles. The number of hydrogen-bond donors (Lipinski definition) is 2. The SMILES string of the molecule is COc1c(N2CCN(Cc3oc(=O)oc3C)C(C)C2)c(F)cc2c(=O)c(C(=O)OCC(COC(=O)c3cn(C4CC4)c4c(OC)c(N5CCN(Cc6oc(=O)oc6C)C(C)C5)c(F)cc4c3=O)OC(=O)CCC(=O)OCC(=O)[C@@]3(O)CC[C@H]4[C@@H]5CCC6=CC(=O)C=C[C@]6(C)[C@H]5[C@@H](O)C[C@@]43C)cn(C3CC3)c12. The number of aryl methyl sites for hydroxylation is 2. The van der Waals surface area contributed by atoms with Gasteiger partial charge in [-0.15, -0.1) is 0 Å². The summed E-state index contributed by atoms with van der Waals surface area (Å²) in [6, 6.07) is 1.15. The van der Waals surface area contributed by atoms with Gasteiger partial charge in [0.2, 0.25) is 16.6 Å². The number of pyridine rings is 2. The topological polar surface area (TPSA) is 342 Å². The monoisotopic (exact) mass is 1470 g/mol. The van der Waals surface area contributed by atoms with Gasteiger partial charge in [-0.1, -0.05) is 25.5 Å². The minimum atomic E-state index is -1.99. The van der Waals surface area contributed by atoms with Crippen LogP contribution in [0.3, 0.4) is 0 Å². The van der Waals surface area contributed by atoms with Crippen molar-refractivity contribution in [2.24, 2.45) is 28.6 Å². The quantitative estimate of drug-likeness (QED) is 0.0471. The second-order valence-corrected chi connectivity index (χ2v) is 30.2. The van der Waals surface area contributed by atoms with Crippen molar-refractivity contribution < 1.29 is 93.9 Å². The lowest BCUT2D eigenvalue weighted by molar-refractivity contribution is -0.181. The van der Waals surface area contributed by atoms with E-state index in [2.05, 4.69) is 9.80 Å². The Morgan fingerprint density at radius 3 is 1.63 bits per heavy atom. The molecule has 30 heteroatoms. The predicted octanol–water partition coefficient (Wildman–Crippen LogP) is 7.24. The number of hydrogen-bond acceptors (Lipinski definition) is 26. The third-order valence-electron chi connectivity index (χ3n) is 23.8. The number of rotatable bonds is 23. The summed E-state index contributed by atoms with van der Waals surface area (Å²) < 4.78 is 92.1. The minimum absolute atomic E-state index is 0.0440. The first-order valence-corrected chi connectivity index (χ1v) is 36.2. The molecule has 28 nitrogen and oxygen atoms in total. The van der Waals surface area contributed by atoms with Gasteiger partial charge in [0.05, 0.1) is 68.1 Å². The van der Waals surface area contributed by atoms with E-state index in [4.69, 9.17) is 46.1 Å². The number of esters is 4. The van der Waals surface area contributed by atoms with Crippen molar-refractivity contribution in [3.63, 3.8) is 0 Å². The number of piperazine rings is 2. The van der Waals surface area contributed by atoms with E-state index in [0.29, 0.717) is 107 Å². The van der Waals surface area contributed by atoms with Crippen molar-refractivity contribution >= 4 is 68.6 Å². The van der Waals surface area contributed by atoms with Crippen LogP contribution < -0.4 is 41.8 Å². The Kier molecular flexibility index (Phi) is 19.6. The molecule has 2 N–H and O–H groups in total. The molecule has 6 aromatic rings. The standard InChI is InChI=1S/C76H86F2N6O22/c1-38-29-81(23-21-79(38)33-56-40(3)102-72(94)105-56)64-53(77)26-48-62(68(64)97-7)83(43-10-11-43)31-50(66(48)90)70(92)100-35-46(104-60(89)16-15-59(88)99-37-58(87)76(96)20-18-52-47-14-9-42-25-45(85)17-19-74(42,5)61(47)55(86)28-75(52,76)6)36-101-71(93)51-32-84(44-12-13-44)63-49(67(51)91)27-54(78)65(69(63)98-8)82-24-22-80(39(2)30-82)34-57-41(4)103-73(95)106-57/h17,19,25-27,31-32,38-39,43-44,46-47,52,55,61,86,96H,9-16,18,20-24,28-30,33-37H2,1-8H3/t38?,39?,46?,47-,52-,55-,61+,74-,75-,76-/m0/s1. The number of Topliss-reactive ketones (excluding diaryl/α,β-unsaturated/α-hetero) is 1. The Labute approximate surface area is 605 Å². The molecule has 0 bridgehead atoms. The zero-order valence-electron chi connectivity index (χ0n) is 60.3. The van der Waals surface area contributed by atoms with E-state index in [0.717, 1.165) is 17.7 Å². The lowest BCUT2D eigenvalue weighted by Gasteiger charge is -2.59. The zero-order valence-corrected chi connectivity index (χ0v) is 60.3. The van der Waals surface area contributed by atoms with Crippen molar-refractivity contribution in [1.29, 1.82) is 0 Å². The maximum absolute atomic E-state index is 16.8. The molecule has 0 radical (unpaired) electrons. The van der Waals surface area contributed by atoms with Gasteiger partial charge in [0.15, 0.2) is 53.1 Å². The summed E-state index contributed by atoms with van der Waals surface area (Å²) in [7, 11) is 2.69. The molecular formula is C76H86F2N6O22. The number of aromatic nitrogens is 2. The Bertz CT molecular complexity index is 4680. The van der Waals surface area contributed by atoms with Crippen LogP contribution in [0.15, 0.2) is 85.2 Å². The van der Waals surface area contributed by atoms with Crippen molar-refractivity contribution in [2.75, 3.05) is 83.1 Å². The van der Waals surface area contributed by atoms with E-state index >= 15 is 8.78 Å². The number of ketones is 2. The minimum Gasteiger partial charge on any atom is -0.492 e. The maximum atomic E-state index is 16.8. The van der Waals surface area contributed by atoms with Gasteiger partial charge in [0.1, 0.15) is 52.8 Å². The number of benzene rings is 2. The fourth-order valence-electron chi connectivity index (χ4n) is 17.9. The number of halogens is 2. The number of aliphatic hydroxyl groups is 2. The number of aliphatic hydroxyl groups excluding tert-OH is 1. The first-order chi connectivity index (χ1) is 50.5. The first kappa shape index (κ1) is 73.4. The van der Waals surface area contributed by atoms with Crippen LogP contribution >= 0.6 is 0 Å². The van der Waals surface area contributed by atoms with Gasteiger partial charge in [0.25, 0.3) is 0 Å². The number of anilines is 2. The molecule has 4 aromatic heterocycles. The fourth-order valence-corrected chi connectivity index (χ4v) is 17.9. The van der Waals surface area contributed by atoms with E-state index < -0.39 is 136 Å². The van der Waals surface area contributed by atoms with Crippen molar-refractivity contribution in [3.8, 4) is 11.5 Å². The molecule has 14 rings (SSSR count). The van der Waals surface area contributed by atoms with Crippen LogP contribution in [-0.4, -0.2) is 168 Å². The summed E-state index contributed by atoms with van der Waals surface area (Å²) >= 11 is 0. The molecule has 9 atom stereocenters. The van der Waals surface area contributed by atoms with Crippen molar-refractivity contribution in [3.05, 3.63) is 136 Å². The number of ether oxygens (including phenoxy) is 6. The third kappa shape index (κ3) is 13.3. The number of nitrogens with zero attached hydrogens (tertiary/aromatic N) is 6. The third-order valence-corrected chi connectivity index (χ3v) is 23.8. The Hall–Kier alpha value is -9.52. The van der Waals surface area contributed by atoms with Crippen LogP contribution in [0.1, 0.15) is 154 Å². The molecular weight excluding hydrogens is 1390 g/mol. The van der Waals surface area contributed by atoms with Crippen molar-refractivity contribution in [2.45, 2.75) is 167 Å². The van der Waals surface area contributed by atoms with E-state index in [9.17, 15) is 58.2 Å². The van der Waals surface area contributed by atoms with Crippen LogP contribution in [0, 0.1) is 54.1 Å².